The van der Waals surface area contributed by atoms with E-state index in [9.17, 15) is 0 Å². The van der Waals surface area contributed by atoms with E-state index in [0.717, 1.165) is 31.0 Å². The molecule has 0 aliphatic carbocycles. The lowest BCUT2D eigenvalue weighted by Crippen LogP contribution is -2.21. The van der Waals surface area contributed by atoms with Crippen molar-refractivity contribution in [1.29, 1.82) is 0 Å². The van der Waals surface area contributed by atoms with Crippen LogP contribution in [0.25, 0.3) is 0 Å². The highest BCUT2D eigenvalue weighted by Crippen LogP contribution is 2.29. The van der Waals surface area contributed by atoms with Gasteiger partial charge >= 0.3 is 0 Å². The van der Waals surface area contributed by atoms with Gasteiger partial charge in [-0.05, 0) is 25.6 Å². The summed E-state index contributed by atoms with van der Waals surface area (Å²) in [6.45, 7) is 3.59. The Morgan fingerprint density at radius 3 is 3.21 bits per heavy atom. The summed E-state index contributed by atoms with van der Waals surface area (Å²) in [6.07, 6.45) is 3.06. The van der Waals surface area contributed by atoms with Crippen LogP contribution in [0.5, 0.6) is 5.75 Å². The fraction of sp³-hybridized carbons (Fsp3) is 0.429. The lowest BCUT2D eigenvalue weighted by Gasteiger charge is -2.09. The topological polar surface area (TPSA) is 52.0 Å². The van der Waals surface area contributed by atoms with Crippen LogP contribution in [-0.4, -0.2) is 28.1 Å². The van der Waals surface area contributed by atoms with Crippen molar-refractivity contribution in [1.82, 2.24) is 20.3 Å². The Kier molecular flexibility index (Phi) is 3.21. The zero-order valence-electron chi connectivity index (χ0n) is 11.3. The molecule has 0 spiro atoms. The van der Waals surface area contributed by atoms with Crippen LogP contribution in [0.4, 0.5) is 0 Å². The van der Waals surface area contributed by atoms with Crippen molar-refractivity contribution in [2.75, 3.05) is 7.05 Å². The SMILES string of the molecule is CNCc1cn(CC2Cc3cc(C)ccc3O2)nn1. The Balaban J connectivity index is 1.66. The van der Waals surface area contributed by atoms with E-state index >= 15 is 0 Å². The van der Waals surface area contributed by atoms with Crippen LogP contribution in [0.15, 0.2) is 24.4 Å². The van der Waals surface area contributed by atoms with Gasteiger partial charge in [0.25, 0.3) is 0 Å². The highest BCUT2D eigenvalue weighted by molar-refractivity contribution is 5.40. The number of rotatable bonds is 4. The number of hydrogen-bond donors (Lipinski definition) is 1. The Morgan fingerprint density at radius 2 is 2.37 bits per heavy atom. The van der Waals surface area contributed by atoms with Crippen molar-refractivity contribution in [3.05, 3.63) is 41.2 Å². The van der Waals surface area contributed by atoms with Crippen LogP contribution in [-0.2, 0) is 19.5 Å². The minimum absolute atomic E-state index is 0.154. The third-order valence-electron chi connectivity index (χ3n) is 3.29. The molecule has 19 heavy (non-hydrogen) atoms. The van der Waals surface area contributed by atoms with Gasteiger partial charge < -0.3 is 10.1 Å². The summed E-state index contributed by atoms with van der Waals surface area (Å²) in [5.41, 5.74) is 3.52. The number of fused-ring (bicyclic) bond motifs is 1. The zero-order chi connectivity index (χ0) is 13.2. The van der Waals surface area contributed by atoms with Crippen LogP contribution < -0.4 is 10.1 Å². The molecule has 1 N–H and O–H groups in total. The Morgan fingerprint density at radius 1 is 1.47 bits per heavy atom. The third kappa shape index (κ3) is 2.61. The van der Waals surface area contributed by atoms with Crippen molar-refractivity contribution in [3.63, 3.8) is 0 Å². The van der Waals surface area contributed by atoms with E-state index in [-0.39, 0.29) is 6.10 Å². The molecule has 5 heteroatoms. The monoisotopic (exact) mass is 258 g/mol. The molecule has 0 fully saturated rings. The number of hydrogen-bond acceptors (Lipinski definition) is 4. The first-order valence-electron chi connectivity index (χ1n) is 6.54. The summed E-state index contributed by atoms with van der Waals surface area (Å²) < 4.78 is 7.79. The van der Waals surface area contributed by atoms with Crippen molar-refractivity contribution in [2.24, 2.45) is 0 Å². The smallest absolute Gasteiger partial charge is 0.123 e. The van der Waals surface area contributed by atoms with E-state index in [2.05, 4.69) is 40.8 Å². The molecule has 0 bridgehead atoms. The maximum absolute atomic E-state index is 5.93. The van der Waals surface area contributed by atoms with Crippen molar-refractivity contribution in [2.45, 2.75) is 32.5 Å². The van der Waals surface area contributed by atoms with Gasteiger partial charge in [-0.25, -0.2) is 4.68 Å². The first-order valence-corrected chi connectivity index (χ1v) is 6.54. The first-order chi connectivity index (χ1) is 9.24. The summed E-state index contributed by atoms with van der Waals surface area (Å²) >= 11 is 0. The molecule has 100 valence electrons. The molecule has 0 saturated heterocycles. The molecule has 0 saturated carbocycles. The minimum atomic E-state index is 0.154. The Bertz CT molecular complexity index is 579. The molecule has 3 rings (SSSR count). The van der Waals surface area contributed by atoms with E-state index < -0.39 is 0 Å². The van der Waals surface area contributed by atoms with Gasteiger partial charge in [-0.1, -0.05) is 22.9 Å². The van der Waals surface area contributed by atoms with Crippen LogP contribution in [0.3, 0.4) is 0 Å². The molecule has 0 radical (unpaired) electrons. The van der Waals surface area contributed by atoms with Crippen LogP contribution in [0.1, 0.15) is 16.8 Å². The number of benzene rings is 1. The molecule has 1 aliphatic rings. The average molecular weight is 258 g/mol. The quantitative estimate of drug-likeness (QED) is 0.898. The van der Waals surface area contributed by atoms with E-state index in [1.54, 1.807) is 0 Å². The lowest BCUT2D eigenvalue weighted by atomic mass is 10.1. The number of aromatic nitrogens is 3. The van der Waals surface area contributed by atoms with Gasteiger partial charge in [0.15, 0.2) is 0 Å². The summed E-state index contributed by atoms with van der Waals surface area (Å²) in [6, 6.07) is 6.34. The van der Waals surface area contributed by atoms with E-state index in [0.29, 0.717) is 0 Å². The molecule has 2 heterocycles. The summed E-state index contributed by atoms with van der Waals surface area (Å²) in [5.74, 6) is 1.01. The van der Waals surface area contributed by atoms with E-state index in [1.807, 2.05) is 17.9 Å². The second-order valence-corrected chi connectivity index (χ2v) is 5.02. The summed E-state index contributed by atoms with van der Waals surface area (Å²) in [7, 11) is 1.90. The van der Waals surface area contributed by atoms with Crippen molar-refractivity contribution in [3.8, 4) is 5.75 Å². The highest BCUT2D eigenvalue weighted by Gasteiger charge is 2.23. The van der Waals surface area contributed by atoms with Gasteiger partial charge in [0.2, 0.25) is 0 Å². The van der Waals surface area contributed by atoms with Crippen molar-refractivity contribution >= 4 is 0 Å². The lowest BCUT2D eigenvalue weighted by molar-refractivity contribution is 0.202. The molecule has 2 aromatic rings. The molecular formula is C14H18N4O. The van der Waals surface area contributed by atoms with E-state index in [4.69, 9.17) is 4.74 Å². The molecule has 1 aliphatic heterocycles. The zero-order valence-corrected chi connectivity index (χ0v) is 11.3. The van der Waals surface area contributed by atoms with Gasteiger partial charge in [-0.3, -0.25) is 0 Å². The molecule has 1 aromatic heterocycles. The third-order valence-corrected chi connectivity index (χ3v) is 3.29. The van der Waals surface area contributed by atoms with Gasteiger partial charge in [0.05, 0.1) is 12.2 Å². The van der Waals surface area contributed by atoms with Gasteiger partial charge in [0.1, 0.15) is 11.9 Å². The second-order valence-electron chi connectivity index (χ2n) is 5.02. The standard InChI is InChI=1S/C14H18N4O/c1-10-3-4-14-11(5-10)6-13(19-14)9-18-8-12(7-15-2)16-17-18/h3-5,8,13,15H,6-7,9H2,1-2H3. The number of nitrogens with zero attached hydrogens (tertiary/aromatic N) is 3. The summed E-state index contributed by atoms with van der Waals surface area (Å²) in [5, 5.41) is 11.3. The largest absolute Gasteiger partial charge is 0.488 e. The molecule has 1 aromatic carbocycles. The Labute approximate surface area is 112 Å². The first kappa shape index (κ1) is 12.2. The average Bonchev–Trinajstić information content (AvgIpc) is 2.96. The molecule has 0 amide bonds. The van der Waals surface area contributed by atoms with E-state index in [1.165, 1.54) is 11.1 Å². The fourth-order valence-electron chi connectivity index (χ4n) is 2.45. The highest BCUT2D eigenvalue weighted by atomic mass is 16.5. The maximum Gasteiger partial charge on any atom is 0.123 e. The number of ether oxygens (including phenoxy) is 1. The predicted octanol–water partition coefficient (Wildman–Crippen LogP) is 1.31. The number of nitrogens with one attached hydrogen (secondary N) is 1. The maximum atomic E-state index is 5.93. The van der Waals surface area contributed by atoms with Crippen LogP contribution in [0, 0.1) is 6.92 Å². The Hall–Kier alpha value is -1.88. The molecule has 1 atom stereocenters. The van der Waals surface area contributed by atoms with Crippen LogP contribution >= 0.6 is 0 Å². The summed E-state index contributed by atoms with van der Waals surface area (Å²) in [4.78, 5) is 0. The minimum Gasteiger partial charge on any atom is -0.488 e. The number of aryl methyl sites for hydroxylation is 1. The normalized spacial score (nSPS) is 17.3. The van der Waals surface area contributed by atoms with Crippen LogP contribution in [0.2, 0.25) is 0 Å². The molecule has 1 unspecified atom stereocenters. The van der Waals surface area contributed by atoms with Gasteiger partial charge in [-0.15, -0.1) is 5.10 Å². The predicted molar refractivity (Wildman–Crippen MR) is 72.1 cm³/mol. The van der Waals surface area contributed by atoms with Gasteiger partial charge in [0, 0.05) is 19.2 Å². The fourth-order valence-corrected chi connectivity index (χ4v) is 2.45. The second kappa shape index (κ2) is 5.01. The molecule has 5 nitrogen and oxygen atoms in total. The van der Waals surface area contributed by atoms with Gasteiger partial charge in [-0.2, -0.15) is 0 Å². The van der Waals surface area contributed by atoms with Crippen molar-refractivity contribution < 1.29 is 4.74 Å². The molecular weight excluding hydrogens is 240 g/mol.